The first kappa shape index (κ1) is 17.2. The normalized spacial score (nSPS) is 13.9. The van der Waals surface area contributed by atoms with E-state index in [1.54, 1.807) is 13.8 Å². The number of aliphatic hydroxyl groups is 1. The van der Waals surface area contributed by atoms with Crippen molar-refractivity contribution < 1.29 is 9.90 Å². The molecule has 0 aliphatic rings. The number of carbonyl (C=O) groups excluding carboxylic acids is 1. The molecule has 0 aliphatic carbocycles. The molecule has 0 saturated carbocycles. The Hall–Kier alpha value is -0.870. The Morgan fingerprint density at radius 2 is 1.75 bits per heavy atom. The van der Waals surface area contributed by atoms with Crippen LogP contribution in [-0.4, -0.2) is 22.2 Å². The van der Waals surface area contributed by atoms with E-state index < -0.39 is 11.1 Å². The van der Waals surface area contributed by atoms with Crippen LogP contribution in [0.4, 0.5) is 0 Å². The van der Waals surface area contributed by atoms with Gasteiger partial charge in [0.05, 0.1) is 11.1 Å². The predicted molar refractivity (Wildman–Crippen MR) is 85.7 cm³/mol. The summed E-state index contributed by atoms with van der Waals surface area (Å²) in [6, 6.07) is 7.99. The van der Waals surface area contributed by atoms with Crippen LogP contribution in [0.15, 0.2) is 28.7 Å². The van der Waals surface area contributed by atoms with Gasteiger partial charge in [0, 0.05) is 10.9 Å². The van der Waals surface area contributed by atoms with E-state index in [2.05, 4.69) is 21.2 Å². The number of benzene rings is 1. The van der Waals surface area contributed by atoms with Crippen LogP contribution >= 0.6 is 15.9 Å². The van der Waals surface area contributed by atoms with Crippen molar-refractivity contribution in [2.24, 2.45) is 0 Å². The van der Waals surface area contributed by atoms with Crippen LogP contribution in [-0.2, 0) is 4.79 Å². The Morgan fingerprint density at radius 3 is 2.20 bits per heavy atom. The number of nitrogens with one attached hydrogen (secondary N) is 1. The fourth-order valence-corrected chi connectivity index (χ4v) is 2.00. The molecule has 1 unspecified atom stereocenters. The summed E-state index contributed by atoms with van der Waals surface area (Å²) in [7, 11) is 0. The molecule has 1 atom stereocenters. The summed E-state index contributed by atoms with van der Waals surface area (Å²) in [4.78, 5) is 12.1. The molecule has 1 amide bonds. The molecule has 4 heteroatoms. The molecule has 20 heavy (non-hydrogen) atoms. The highest BCUT2D eigenvalue weighted by atomic mass is 79.9. The van der Waals surface area contributed by atoms with Gasteiger partial charge in [-0.2, -0.15) is 0 Å². The fourth-order valence-electron chi connectivity index (χ4n) is 1.74. The molecule has 0 aromatic heterocycles. The van der Waals surface area contributed by atoms with Gasteiger partial charge in [-0.05, 0) is 51.3 Å². The molecular formula is C16H24BrNO2. The van der Waals surface area contributed by atoms with Gasteiger partial charge in [-0.3, -0.25) is 4.79 Å². The zero-order valence-corrected chi connectivity index (χ0v) is 14.4. The van der Waals surface area contributed by atoms with E-state index in [9.17, 15) is 9.90 Å². The maximum Gasteiger partial charge on any atom is 0.221 e. The number of halogens is 1. The van der Waals surface area contributed by atoms with Gasteiger partial charge in [-0.15, -0.1) is 0 Å². The van der Waals surface area contributed by atoms with Crippen molar-refractivity contribution in [3.63, 3.8) is 0 Å². The fraction of sp³-hybridized carbons (Fsp3) is 0.562. The van der Waals surface area contributed by atoms with E-state index in [1.165, 1.54) is 0 Å². The molecule has 0 heterocycles. The van der Waals surface area contributed by atoms with Crippen LogP contribution in [0.1, 0.15) is 52.5 Å². The quantitative estimate of drug-likeness (QED) is 0.859. The largest absolute Gasteiger partial charge is 0.388 e. The minimum atomic E-state index is -0.969. The SMILES string of the molecule is CC(CC(=O)NC(C)(C)C(C)(C)O)c1ccc(Br)cc1. The molecular weight excluding hydrogens is 318 g/mol. The van der Waals surface area contributed by atoms with Crippen LogP contribution < -0.4 is 5.32 Å². The molecule has 0 bridgehead atoms. The van der Waals surface area contributed by atoms with Crippen molar-refractivity contribution >= 4 is 21.8 Å². The Kier molecular flexibility index (Phi) is 5.39. The van der Waals surface area contributed by atoms with Crippen LogP contribution in [0.5, 0.6) is 0 Å². The molecule has 0 aliphatic heterocycles. The monoisotopic (exact) mass is 341 g/mol. The van der Waals surface area contributed by atoms with E-state index in [4.69, 9.17) is 0 Å². The zero-order valence-electron chi connectivity index (χ0n) is 12.8. The molecule has 3 nitrogen and oxygen atoms in total. The van der Waals surface area contributed by atoms with Crippen LogP contribution in [0.25, 0.3) is 0 Å². The second-order valence-corrected chi connectivity index (χ2v) is 7.30. The number of hydrogen-bond donors (Lipinski definition) is 2. The third-order valence-electron chi connectivity index (χ3n) is 3.91. The van der Waals surface area contributed by atoms with E-state index in [-0.39, 0.29) is 11.8 Å². The van der Waals surface area contributed by atoms with Crippen molar-refractivity contribution in [1.29, 1.82) is 0 Å². The number of hydrogen-bond acceptors (Lipinski definition) is 2. The van der Waals surface area contributed by atoms with Gasteiger partial charge in [0.1, 0.15) is 0 Å². The number of rotatable bonds is 5. The van der Waals surface area contributed by atoms with Crippen molar-refractivity contribution in [1.82, 2.24) is 5.32 Å². The van der Waals surface area contributed by atoms with Gasteiger partial charge >= 0.3 is 0 Å². The molecule has 1 aromatic carbocycles. The summed E-state index contributed by atoms with van der Waals surface area (Å²) in [5.41, 5.74) is -0.503. The third kappa shape index (κ3) is 4.60. The second-order valence-electron chi connectivity index (χ2n) is 6.39. The summed E-state index contributed by atoms with van der Waals surface area (Å²) >= 11 is 3.40. The summed E-state index contributed by atoms with van der Waals surface area (Å²) in [6.07, 6.45) is 0.404. The average molecular weight is 342 g/mol. The standard InChI is InChI=1S/C16H24BrNO2/c1-11(12-6-8-13(17)9-7-12)10-14(19)18-15(2,3)16(4,5)20/h6-9,11,20H,10H2,1-5H3,(H,18,19). The van der Waals surface area contributed by atoms with Crippen molar-refractivity contribution in [2.75, 3.05) is 0 Å². The molecule has 0 radical (unpaired) electrons. The lowest BCUT2D eigenvalue weighted by Gasteiger charge is -2.38. The molecule has 112 valence electrons. The van der Waals surface area contributed by atoms with Crippen molar-refractivity contribution in [2.45, 2.75) is 58.1 Å². The highest BCUT2D eigenvalue weighted by Gasteiger charge is 2.36. The van der Waals surface area contributed by atoms with E-state index >= 15 is 0 Å². The summed E-state index contributed by atoms with van der Waals surface area (Å²) in [6.45, 7) is 9.08. The van der Waals surface area contributed by atoms with Gasteiger partial charge in [0.2, 0.25) is 5.91 Å². The van der Waals surface area contributed by atoms with Gasteiger partial charge < -0.3 is 10.4 Å². The average Bonchev–Trinajstić information content (AvgIpc) is 2.27. The first-order valence-corrected chi connectivity index (χ1v) is 7.61. The number of carbonyl (C=O) groups is 1. The van der Waals surface area contributed by atoms with Gasteiger partial charge in [0.15, 0.2) is 0 Å². The Labute approximate surface area is 129 Å². The summed E-state index contributed by atoms with van der Waals surface area (Å²) < 4.78 is 1.03. The minimum absolute atomic E-state index is 0.0486. The smallest absolute Gasteiger partial charge is 0.221 e. The first-order valence-electron chi connectivity index (χ1n) is 6.82. The Balaban J connectivity index is 2.65. The molecule has 1 rings (SSSR count). The molecule has 2 N–H and O–H groups in total. The molecule has 0 fully saturated rings. The Bertz CT molecular complexity index is 460. The van der Waals surface area contributed by atoms with E-state index in [1.807, 2.05) is 45.0 Å². The predicted octanol–water partition coefficient (Wildman–Crippen LogP) is 3.61. The van der Waals surface area contributed by atoms with Gasteiger partial charge in [-0.25, -0.2) is 0 Å². The zero-order chi connectivity index (χ0) is 15.6. The number of amides is 1. The topological polar surface area (TPSA) is 49.3 Å². The van der Waals surface area contributed by atoms with Crippen LogP contribution in [0, 0.1) is 0 Å². The summed E-state index contributed by atoms with van der Waals surface area (Å²) in [5, 5.41) is 13.0. The molecule has 1 aromatic rings. The lowest BCUT2D eigenvalue weighted by Crippen LogP contribution is -2.57. The highest BCUT2D eigenvalue weighted by molar-refractivity contribution is 9.10. The summed E-state index contributed by atoms with van der Waals surface area (Å²) in [5.74, 6) is 0.0910. The third-order valence-corrected chi connectivity index (χ3v) is 4.44. The lowest BCUT2D eigenvalue weighted by atomic mass is 9.85. The second kappa shape index (κ2) is 6.27. The van der Waals surface area contributed by atoms with E-state index in [0.29, 0.717) is 6.42 Å². The lowest BCUT2D eigenvalue weighted by molar-refractivity contribution is -0.126. The maximum absolute atomic E-state index is 12.1. The Morgan fingerprint density at radius 1 is 1.25 bits per heavy atom. The molecule has 0 saturated heterocycles. The van der Waals surface area contributed by atoms with Crippen LogP contribution in [0.3, 0.4) is 0 Å². The van der Waals surface area contributed by atoms with Gasteiger partial charge in [-0.1, -0.05) is 35.0 Å². The van der Waals surface area contributed by atoms with Crippen molar-refractivity contribution in [3.8, 4) is 0 Å². The minimum Gasteiger partial charge on any atom is -0.388 e. The van der Waals surface area contributed by atoms with Crippen LogP contribution in [0.2, 0.25) is 0 Å². The maximum atomic E-state index is 12.1. The highest BCUT2D eigenvalue weighted by Crippen LogP contribution is 2.24. The molecule has 0 spiro atoms. The van der Waals surface area contributed by atoms with Gasteiger partial charge in [0.25, 0.3) is 0 Å². The first-order chi connectivity index (χ1) is 9.03. The van der Waals surface area contributed by atoms with E-state index in [0.717, 1.165) is 10.0 Å². The van der Waals surface area contributed by atoms with Crippen molar-refractivity contribution in [3.05, 3.63) is 34.3 Å².